The number of likely N-dealkylation sites (N-methyl/N-ethyl adjacent to an activating group) is 1. The molecule has 0 saturated carbocycles. The van der Waals surface area contributed by atoms with Crippen molar-refractivity contribution >= 4 is 23.7 Å². The van der Waals surface area contributed by atoms with Crippen LogP contribution >= 0.6 is 11.6 Å². The Morgan fingerprint density at radius 1 is 1.37 bits per heavy atom. The summed E-state index contributed by atoms with van der Waals surface area (Å²) in [5.74, 6) is -0.983. The highest BCUT2D eigenvalue weighted by atomic mass is 35.5. The van der Waals surface area contributed by atoms with Gasteiger partial charge in [0.05, 0.1) is 5.56 Å². The van der Waals surface area contributed by atoms with E-state index in [-0.39, 0.29) is 17.7 Å². The van der Waals surface area contributed by atoms with E-state index >= 15 is 0 Å². The molecule has 0 spiro atoms. The molecule has 1 atom stereocenters. The molecular weight excluding hydrogens is 368 g/mol. The second kappa shape index (κ2) is 8.48. The summed E-state index contributed by atoms with van der Waals surface area (Å²) >= 11 is 6.35. The van der Waals surface area contributed by atoms with Gasteiger partial charge in [-0.15, -0.1) is 0 Å². The van der Waals surface area contributed by atoms with Gasteiger partial charge in [-0.25, -0.2) is 9.59 Å². The highest BCUT2D eigenvalue weighted by Gasteiger charge is 2.29. The smallest absolute Gasteiger partial charge is 0.410 e. The lowest BCUT2D eigenvalue weighted by molar-refractivity contribution is 0.0129. The summed E-state index contributed by atoms with van der Waals surface area (Å²) < 4.78 is 5.47. The number of aromatic carboxylic acids is 1. The molecule has 1 fully saturated rings. The molecule has 1 N–H and O–H groups in total. The molecular formula is C20H29ClN2O4. The summed E-state index contributed by atoms with van der Waals surface area (Å²) in [6.45, 7) is 9.72. The van der Waals surface area contributed by atoms with Gasteiger partial charge in [0.15, 0.2) is 0 Å². The van der Waals surface area contributed by atoms with Gasteiger partial charge in [-0.3, -0.25) is 4.90 Å². The fourth-order valence-corrected chi connectivity index (χ4v) is 3.62. The first-order chi connectivity index (χ1) is 12.5. The van der Waals surface area contributed by atoms with Crippen LogP contribution in [0.25, 0.3) is 0 Å². The zero-order valence-corrected chi connectivity index (χ0v) is 17.5. The Labute approximate surface area is 166 Å². The number of likely N-dealkylation sites (tertiary alicyclic amines) is 1. The first-order valence-electron chi connectivity index (χ1n) is 9.18. The van der Waals surface area contributed by atoms with Gasteiger partial charge in [-0.05, 0) is 70.3 Å². The van der Waals surface area contributed by atoms with Gasteiger partial charge in [0.2, 0.25) is 0 Å². The molecule has 7 heteroatoms. The molecule has 6 nitrogen and oxygen atoms in total. The number of carboxylic acid groups (broad SMARTS) is 1. The summed E-state index contributed by atoms with van der Waals surface area (Å²) in [4.78, 5) is 27.4. The predicted octanol–water partition coefficient (Wildman–Crippen LogP) is 4.18. The van der Waals surface area contributed by atoms with Crippen molar-refractivity contribution in [3.63, 3.8) is 0 Å². The van der Waals surface area contributed by atoms with Crippen LogP contribution in [0.1, 0.15) is 55.1 Å². The van der Waals surface area contributed by atoms with Crippen LogP contribution in [0, 0.1) is 6.92 Å². The van der Waals surface area contributed by atoms with E-state index < -0.39 is 11.6 Å². The van der Waals surface area contributed by atoms with E-state index in [4.69, 9.17) is 21.4 Å². The monoisotopic (exact) mass is 396 g/mol. The third-order valence-electron chi connectivity index (χ3n) is 4.76. The Bertz CT molecular complexity index is 691. The topological polar surface area (TPSA) is 70.1 Å². The second-order valence-electron chi connectivity index (χ2n) is 8.18. The lowest BCUT2D eigenvalue weighted by atomic mass is 10.0. The van der Waals surface area contributed by atoms with Gasteiger partial charge in [0, 0.05) is 31.2 Å². The Morgan fingerprint density at radius 2 is 2.04 bits per heavy atom. The normalized spacial score (nSPS) is 18.2. The van der Waals surface area contributed by atoms with E-state index in [1.54, 1.807) is 18.0 Å². The fourth-order valence-electron chi connectivity index (χ4n) is 3.30. The molecule has 1 amide bonds. The van der Waals surface area contributed by atoms with Gasteiger partial charge < -0.3 is 14.7 Å². The molecule has 1 saturated heterocycles. The van der Waals surface area contributed by atoms with Crippen LogP contribution in [-0.4, -0.2) is 58.7 Å². The lowest BCUT2D eigenvalue weighted by Crippen LogP contribution is -2.49. The quantitative estimate of drug-likeness (QED) is 0.826. The summed E-state index contributed by atoms with van der Waals surface area (Å²) in [5, 5.41) is 9.62. The largest absolute Gasteiger partial charge is 0.478 e. The van der Waals surface area contributed by atoms with E-state index in [1.807, 2.05) is 27.7 Å². The van der Waals surface area contributed by atoms with Gasteiger partial charge in [-0.1, -0.05) is 11.6 Å². The van der Waals surface area contributed by atoms with Gasteiger partial charge >= 0.3 is 12.1 Å². The summed E-state index contributed by atoms with van der Waals surface area (Å²) in [6, 6.07) is 3.23. The van der Waals surface area contributed by atoms with Crippen LogP contribution in [0.5, 0.6) is 0 Å². The molecule has 27 heavy (non-hydrogen) atoms. The minimum Gasteiger partial charge on any atom is -0.478 e. The molecule has 0 aromatic heterocycles. The number of piperidine rings is 1. The Morgan fingerprint density at radius 3 is 2.59 bits per heavy atom. The third kappa shape index (κ3) is 5.84. The van der Waals surface area contributed by atoms with E-state index in [9.17, 15) is 9.59 Å². The number of carboxylic acids is 1. The molecule has 0 radical (unpaired) electrons. The zero-order chi connectivity index (χ0) is 20.4. The van der Waals surface area contributed by atoms with Crippen LogP contribution in [0.15, 0.2) is 12.1 Å². The summed E-state index contributed by atoms with van der Waals surface area (Å²) in [5.41, 5.74) is 1.48. The van der Waals surface area contributed by atoms with Crippen LogP contribution < -0.4 is 0 Å². The van der Waals surface area contributed by atoms with Crippen molar-refractivity contribution in [2.75, 3.05) is 20.1 Å². The number of nitrogens with zero attached hydrogens (tertiary/aromatic N) is 2. The van der Waals surface area contributed by atoms with Crippen molar-refractivity contribution in [3.05, 3.63) is 33.8 Å². The maximum Gasteiger partial charge on any atom is 0.410 e. The molecule has 1 aromatic carbocycles. The maximum atomic E-state index is 12.3. The van der Waals surface area contributed by atoms with Crippen LogP contribution in [0.2, 0.25) is 5.02 Å². The number of benzene rings is 1. The molecule has 1 heterocycles. The number of ether oxygens (including phenoxy) is 1. The van der Waals surface area contributed by atoms with E-state index in [0.29, 0.717) is 11.6 Å². The van der Waals surface area contributed by atoms with E-state index in [2.05, 4.69) is 4.90 Å². The van der Waals surface area contributed by atoms with Crippen molar-refractivity contribution in [3.8, 4) is 0 Å². The van der Waals surface area contributed by atoms with Gasteiger partial charge in [0.1, 0.15) is 5.60 Å². The summed E-state index contributed by atoms with van der Waals surface area (Å²) in [6.07, 6.45) is 1.59. The predicted molar refractivity (Wildman–Crippen MR) is 105 cm³/mol. The second-order valence-corrected chi connectivity index (χ2v) is 8.59. The fraction of sp³-hybridized carbons (Fsp3) is 0.600. The van der Waals surface area contributed by atoms with Crippen molar-refractivity contribution < 1.29 is 19.4 Å². The van der Waals surface area contributed by atoms with Crippen molar-refractivity contribution in [2.24, 2.45) is 0 Å². The minimum atomic E-state index is -0.983. The van der Waals surface area contributed by atoms with Gasteiger partial charge in [-0.2, -0.15) is 0 Å². The molecule has 0 unspecified atom stereocenters. The molecule has 2 rings (SSSR count). The lowest BCUT2D eigenvalue weighted by Gasteiger charge is -2.38. The average Bonchev–Trinajstić information content (AvgIpc) is 2.55. The molecule has 0 aliphatic carbocycles. The standard InChI is InChI=1S/C20H29ClN2O4/c1-13-9-14(18(24)25)10-17(21)16(13)12-23-8-6-7-15(11-23)22(5)19(26)27-20(2,3)4/h9-10,15H,6-8,11-12H2,1-5H3,(H,24,25)/t15-/m0/s1. The molecule has 1 aliphatic rings. The number of carbonyl (C=O) groups excluding carboxylic acids is 1. The van der Waals surface area contributed by atoms with Gasteiger partial charge in [0.25, 0.3) is 0 Å². The zero-order valence-electron chi connectivity index (χ0n) is 16.7. The number of rotatable bonds is 4. The first-order valence-corrected chi connectivity index (χ1v) is 9.56. The van der Waals surface area contributed by atoms with E-state index in [1.165, 1.54) is 6.07 Å². The minimum absolute atomic E-state index is 0.0750. The Hall–Kier alpha value is -1.79. The number of halogens is 1. The van der Waals surface area contributed by atoms with Crippen molar-refractivity contribution in [2.45, 2.75) is 58.7 Å². The number of hydrogen-bond acceptors (Lipinski definition) is 4. The number of aryl methyl sites for hydroxylation is 1. The molecule has 1 aliphatic heterocycles. The maximum absolute atomic E-state index is 12.3. The SMILES string of the molecule is Cc1cc(C(=O)O)cc(Cl)c1CN1CCC[C@H](N(C)C(=O)OC(C)(C)C)C1. The Kier molecular flexibility index (Phi) is 6.76. The first kappa shape index (κ1) is 21.5. The molecule has 1 aromatic rings. The van der Waals surface area contributed by atoms with Crippen LogP contribution in [0.4, 0.5) is 4.79 Å². The van der Waals surface area contributed by atoms with Crippen molar-refractivity contribution in [1.82, 2.24) is 9.80 Å². The highest BCUT2D eigenvalue weighted by molar-refractivity contribution is 6.31. The third-order valence-corrected chi connectivity index (χ3v) is 5.09. The number of carbonyl (C=O) groups is 2. The molecule has 0 bridgehead atoms. The van der Waals surface area contributed by atoms with Crippen LogP contribution in [0.3, 0.4) is 0 Å². The average molecular weight is 397 g/mol. The van der Waals surface area contributed by atoms with Crippen LogP contribution in [-0.2, 0) is 11.3 Å². The number of amides is 1. The summed E-state index contributed by atoms with van der Waals surface area (Å²) in [7, 11) is 1.78. The van der Waals surface area contributed by atoms with E-state index in [0.717, 1.165) is 37.1 Å². The highest BCUT2D eigenvalue weighted by Crippen LogP contribution is 2.26. The molecule has 150 valence electrons. The number of hydrogen-bond donors (Lipinski definition) is 1. The Balaban J connectivity index is 2.07. The van der Waals surface area contributed by atoms with Crippen molar-refractivity contribution in [1.29, 1.82) is 0 Å².